The largest absolute Gasteiger partial charge is 0.373 e. The molecule has 0 bridgehead atoms. The van der Waals surface area contributed by atoms with Gasteiger partial charge >= 0.3 is 0 Å². The molecule has 0 N–H and O–H groups in total. The summed E-state index contributed by atoms with van der Waals surface area (Å²) in [5, 5.41) is 2.84. The molecule has 3 heterocycles. The minimum Gasteiger partial charge on any atom is -0.373 e. The van der Waals surface area contributed by atoms with Gasteiger partial charge < -0.3 is 9.64 Å². The molecule has 2 atom stereocenters. The van der Waals surface area contributed by atoms with E-state index in [9.17, 15) is 13.2 Å². The van der Waals surface area contributed by atoms with Crippen molar-refractivity contribution in [2.45, 2.75) is 19.1 Å². The summed E-state index contributed by atoms with van der Waals surface area (Å²) in [7, 11) is -3.15. The molecule has 2 aliphatic rings. The molecule has 2 saturated heterocycles. The van der Waals surface area contributed by atoms with Crippen molar-refractivity contribution >= 4 is 27.1 Å². The lowest BCUT2D eigenvalue weighted by molar-refractivity contribution is -0.0361. The Morgan fingerprint density at radius 3 is 2.96 bits per heavy atom. The number of nitrogens with zero attached hydrogens (tertiary/aromatic N) is 2. The Kier molecular flexibility index (Phi) is 4.13. The van der Waals surface area contributed by atoms with Crippen molar-refractivity contribution in [1.82, 2.24) is 9.88 Å². The van der Waals surface area contributed by atoms with Crippen LogP contribution in [0.1, 0.15) is 16.1 Å². The van der Waals surface area contributed by atoms with Crippen LogP contribution in [0.15, 0.2) is 29.6 Å². The summed E-state index contributed by atoms with van der Waals surface area (Å²) in [6, 6.07) is 6.96. The summed E-state index contributed by atoms with van der Waals surface area (Å²) in [5.41, 5.74) is 2.40. The Morgan fingerprint density at radius 2 is 2.20 bits per heavy atom. The van der Waals surface area contributed by atoms with Crippen LogP contribution in [0.2, 0.25) is 0 Å². The molecule has 4 rings (SSSR count). The summed E-state index contributed by atoms with van der Waals surface area (Å²) in [6.45, 7) is 2.72. The average Bonchev–Trinajstić information content (AvgIpc) is 3.15. The number of benzene rings is 1. The first-order chi connectivity index (χ1) is 11.9. The molecule has 2 unspecified atom stereocenters. The summed E-state index contributed by atoms with van der Waals surface area (Å²) in [4.78, 5) is 19.1. The average molecular weight is 378 g/mol. The van der Waals surface area contributed by atoms with E-state index < -0.39 is 22.0 Å². The van der Waals surface area contributed by atoms with Gasteiger partial charge in [0.2, 0.25) is 0 Å². The fourth-order valence-corrected chi connectivity index (χ4v) is 6.07. The maximum atomic E-state index is 13.0. The number of sulfone groups is 1. The van der Waals surface area contributed by atoms with E-state index in [4.69, 9.17) is 4.74 Å². The van der Waals surface area contributed by atoms with Crippen LogP contribution >= 0.6 is 11.3 Å². The lowest BCUT2D eigenvalue weighted by Gasteiger charge is -2.36. The highest BCUT2D eigenvalue weighted by molar-refractivity contribution is 7.91. The molecule has 1 aromatic heterocycles. The third-order valence-corrected chi connectivity index (χ3v) is 7.27. The van der Waals surface area contributed by atoms with Crippen molar-refractivity contribution in [3.05, 3.63) is 40.9 Å². The summed E-state index contributed by atoms with van der Waals surface area (Å²) in [6.07, 6.45) is -0.410. The minimum atomic E-state index is -3.15. The number of aryl methyl sites for hydroxylation is 1. The normalized spacial score (nSPS) is 24.9. The van der Waals surface area contributed by atoms with Crippen molar-refractivity contribution in [3.8, 4) is 10.6 Å². The van der Waals surface area contributed by atoms with Crippen LogP contribution in [-0.2, 0) is 14.6 Å². The van der Waals surface area contributed by atoms with Gasteiger partial charge in [-0.05, 0) is 19.1 Å². The summed E-state index contributed by atoms with van der Waals surface area (Å²) >= 11 is 1.54. The highest BCUT2D eigenvalue weighted by Gasteiger charge is 2.45. The number of hydrogen-bond donors (Lipinski definition) is 0. The second kappa shape index (κ2) is 6.19. The Labute approximate surface area is 150 Å². The number of hydrogen-bond acceptors (Lipinski definition) is 6. The monoisotopic (exact) mass is 378 g/mol. The van der Waals surface area contributed by atoms with Gasteiger partial charge in [-0.2, -0.15) is 0 Å². The van der Waals surface area contributed by atoms with Crippen LogP contribution < -0.4 is 0 Å². The molecule has 0 spiro atoms. The van der Waals surface area contributed by atoms with E-state index in [1.165, 1.54) is 11.3 Å². The topological polar surface area (TPSA) is 76.6 Å². The number of ether oxygens (including phenoxy) is 1. The molecule has 0 saturated carbocycles. The van der Waals surface area contributed by atoms with Crippen LogP contribution in [-0.4, -0.2) is 61.0 Å². The maximum absolute atomic E-state index is 13.0. The first-order valence-electron chi connectivity index (χ1n) is 8.08. The standard InChI is InChI=1S/C17H18N2O4S2/c1-11-8-24-16(18-11)12-3-2-4-13(7-12)17(20)19-5-6-23-15-10-25(21,22)9-14(15)19/h2-4,7-8,14-15H,5-6,9-10H2,1H3. The second-order valence-electron chi connectivity index (χ2n) is 6.43. The van der Waals surface area contributed by atoms with Crippen LogP contribution in [0, 0.1) is 6.92 Å². The van der Waals surface area contributed by atoms with E-state index in [1.807, 2.05) is 30.5 Å². The van der Waals surface area contributed by atoms with E-state index >= 15 is 0 Å². The molecule has 6 nitrogen and oxygen atoms in total. The number of thiazole rings is 1. The van der Waals surface area contributed by atoms with Crippen LogP contribution in [0.25, 0.3) is 10.6 Å². The molecule has 8 heteroatoms. The van der Waals surface area contributed by atoms with Gasteiger partial charge in [0.1, 0.15) is 5.01 Å². The molecule has 2 aromatic rings. The van der Waals surface area contributed by atoms with E-state index in [0.29, 0.717) is 18.7 Å². The predicted molar refractivity (Wildman–Crippen MR) is 95.5 cm³/mol. The lowest BCUT2D eigenvalue weighted by Crippen LogP contribution is -2.53. The highest BCUT2D eigenvalue weighted by Crippen LogP contribution is 2.28. The van der Waals surface area contributed by atoms with E-state index in [1.54, 1.807) is 11.0 Å². The molecule has 0 radical (unpaired) electrons. The van der Waals surface area contributed by atoms with E-state index in [-0.39, 0.29) is 17.4 Å². The predicted octanol–water partition coefficient (Wildman–Crippen LogP) is 1.76. The Balaban J connectivity index is 1.62. The SMILES string of the molecule is Cc1csc(-c2cccc(C(=O)N3CCOC4CS(=O)(=O)CC43)c2)n1. The van der Waals surface area contributed by atoms with Crippen LogP contribution in [0.3, 0.4) is 0 Å². The molecular weight excluding hydrogens is 360 g/mol. The van der Waals surface area contributed by atoms with Gasteiger partial charge in [0.25, 0.3) is 5.91 Å². The lowest BCUT2D eigenvalue weighted by atomic mass is 10.1. The quantitative estimate of drug-likeness (QED) is 0.796. The molecule has 132 valence electrons. The van der Waals surface area contributed by atoms with E-state index in [0.717, 1.165) is 16.3 Å². The zero-order valence-corrected chi connectivity index (χ0v) is 15.3. The smallest absolute Gasteiger partial charge is 0.254 e. The van der Waals surface area contributed by atoms with Crippen LogP contribution in [0.4, 0.5) is 0 Å². The maximum Gasteiger partial charge on any atom is 0.254 e. The Bertz CT molecular complexity index is 922. The first kappa shape index (κ1) is 16.7. The van der Waals surface area contributed by atoms with Gasteiger partial charge in [-0.3, -0.25) is 4.79 Å². The van der Waals surface area contributed by atoms with Gasteiger partial charge in [-0.1, -0.05) is 12.1 Å². The minimum absolute atomic E-state index is 0.000120. The third kappa shape index (κ3) is 3.21. The third-order valence-electron chi connectivity index (χ3n) is 4.57. The summed E-state index contributed by atoms with van der Waals surface area (Å²) in [5.74, 6) is -0.167. The van der Waals surface area contributed by atoms with Gasteiger partial charge in [-0.15, -0.1) is 11.3 Å². The number of aromatic nitrogens is 1. The number of morpholine rings is 1. The molecular formula is C17H18N2O4S2. The zero-order valence-electron chi connectivity index (χ0n) is 13.7. The fourth-order valence-electron chi connectivity index (χ4n) is 3.40. The molecule has 0 aliphatic carbocycles. The molecule has 1 aromatic carbocycles. The van der Waals surface area contributed by atoms with E-state index in [2.05, 4.69) is 4.98 Å². The molecule has 2 fully saturated rings. The van der Waals surface area contributed by atoms with Crippen molar-refractivity contribution in [2.75, 3.05) is 24.7 Å². The Morgan fingerprint density at radius 1 is 1.36 bits per heavy atom. The number of fused-ring (bicyclic) bond motifs is 1. The number of carbonyl (C=O) groups excluding carboxylic acids is 1. The molecule has 1 amide bonds. The first-order valence-corrected chi connectivity index (χ1v) is 10.8. The van der Waals surface area contributed by atoms with Gasteiger partial charge in [-0.25, -0.2) is 13.4 Å². The number of amides is 1. The van der Waals surface area contributed by atoms with Gasteiger partial charge in [0.05, 0.1) is 30.3 Å². The van der Waals surface area contributed by atoms with Gasteiger partial charge in [0, 0.05) is 28.7 Å². The van der Waals surface area contributed by atoms with Gasteiger partial charge in [0.15, 0.2) is 9.84 Å². The number of carbonyl (C=O) groups is 1. The molecule has 2 aliphatic heterocycles. The summed E-state index contributed by atoms with van der Waals surface area (Å²) < 4.78 is 29.4. The highest BCUT2D eigenvalue weighted by atomic mass is 32.2. The van der Waals surface area contributed by atoms with Crippen molar-refractivity contribution in [3.63, 3.8) is 0 Å². The Hall–Kier alpha value is -1.77. The van der Waals surface area contributed by atoms with Crippen molar-refractivity contribution in [2.24, 2.45) is 0 Å². The van der Waals surface area contributed by atoms with Crippen molar-refractivity contribution < 1.29 is 17.9 Å². The fraction of sp³-hybridized carbons (Fsp3) is 0.412. The van der Waals surface area contributed by atoms with Crippen molar-refractivity contribution in [1.29, 1.82) is 0 Å². The zero-order chi connectivity index (χ0) is 17.6. The second-order valence-corrected chi connectivity index (χ2v) is 9.44. The number of rotatable bonds is 2. The molecule has 25 heavy (non-hydrogen) atoms. The van der Waals surface area contributed by atoms with Crippen LogP contribution in [0.5, 0.6) is 0 Å².